The molecular weight excluding hydrogens is 165 g/mol. The maximum Gasteiger partial charge on any atom is 0.491 e. The van der Waals surface area contributed by atoms with Crippen molar-refractivity contribution in [2.75, 3.05) is 0 Å². The minimum Gasteiger partial charge on any atom is -0.423 e. The van der Waals surface area contributed by atoms with Gasteiger partial charge in [0.2, 0.25) is 0 Å². The number of hydrogen-bond donors (Lipinski definition) is 2. The smallest absolute Gasteiger partial charge is 0.423 e. The maximum absolute atomic E-state index is 12.8. The molecule has 0 aromatic heterocycles. The molecule has 0 aliphatic carbocycles. The summed E-state index contributed by atoms with van der Waals surface area (Å²) < 4.78 is 25.3. The van der Waals surface area contributed by atoms with Crippen LogP contribution in [0.5, 0.6) is 0 Å². The van der Waals surface area contributed by atoms with Gasteiger partial charge < -0.3 is 10.0 Å². The molecule has 1 aromatic carbocycles. The second kappa shape index (κ2) is 3.20. The van der Waals surface area contributed by atoms with E-state index in [0.717, 1.165) is 6.07 Å². The fourth-order valence-electron chi connectivity index (χ4n) is 1.04. The van der Waals surface area contributed by atoms with E-state index < -0.39 is 18.8 Å². The molecule has 0 spiro atoms. The second-order valence-electron chi connectivity index (χ2n) is 2.49. The van der Waals surface area contributed by atoms with Crippen molar-refractivity contribution in [2.24, 2.45) is 0 Å². The molecule has 0 aliphatic rings. The molecule has 1 rings (SSSR count). The van der Waals surface area contributed by atoms with Gasteiger partial charge in [-0.05, 0) is 18.6 Å². The SMILES string of the molecule is Cc1cc(F)cc(F)c1B(O)O. The number of aryl methyl sites for hydroxylation is 1. The monoisotopic (exact) mass is 172 g/mol. The highest BCUT2D eigenvalue weighted by Gasteiger charge is 2.19. The van der Waals surface area contributed by atoms with Gasteiger partial charge in [-0.25, -0.2) is 8.78 Å². The zero-order valence-electron chi connectivity index (χ0n) is 6.38. The molecular formula is C7H7BF2O2. The maximum atomic E-state index is 12.8. The summed E-state index contributed by atoms with van der Waals surface area (Å²) >= 11 is 0. The number of benzene rings is 1. The molecule has 2 nitrogen and oxygen atoms in total. The van der Waals surface area contributed by atoms with Crippen LogP contribution in [0.25, 0.3) is 0 Å². The van der Waals surface area contributed by atoms with Crippen LogP contribution in [0, 0.1) is 18.6 Å². The third kappa shape index (κ3) is 1.62. The molecule has 1 aromatic rings. The topological polar surface area (TPSA) is 40.5 Å². The Morgan fingerprint density at radius 1 is 1.25 bits per heavy atom. The van der Waals surface area contributed by atoms with Crippen molar-refractivity contribution in [3.8, 4) is 0 Å². The fourth-order valence-corrected chi connectivity index (χ4v) is 1.04. The van der Waals surface area contributed by atoms with Crippen LogP contribution in [0.3, 0.4) is 0 Å². The van der Waals surface area contributed by atoms with E-state index in [1.165, 1.54) is 6.92 Å². The van der Waals surface area contributed by atoms with Crippen molar-refractivity contribution in [3.63, 3.8) is 0 Å². The van der Waals surface area contributed by atoms with Crippen molar-refractivity contribution in [1.82, 2.24) is 0 Å². The second-order valence-corrected chi connectivity index (χ2v) is 2.49. The highest BCUT2D eigenvalue weighted by Crippen LogP contribution is 2.04. The molecule has 0 fully saturated rings. The molecule has 0 unspecified atom stereocenters. The highest BCUT2D eigenvalue weighted by atomic mass is 19.1. The van der Waals surface area contributed by atoms with Crippen LogP contribution in [0.15, 0.2) is 12.1 Å². The molecule has 64 valence electrons. The van der Waals surface area contributed by atoms with Crippen molar-refractivity contribution >= 4 is 12.6 Å². The Bertz CT molecular complexity index is 278. The van der Waals surface area contributed by atoms with Crippen molar-refractivity contribution < 1.29 is 18.8 Å². The summed E-state index contributed by atoms with van der Waals surface area (Å²) in [4.78, 5) is 0. The Morgan fingerprint density at radius 3 is 2.25 bits per heavy atom. The third-order valence-corrected chi connectivity index (χ3v) is 1.56. The van der Waals surface area contributed by atoms with Gasteiger partial charge in [0.1, 0.15) is 11.6 Å². The summed E-state index contributed by atoms with van der Waals surface area (Å²) in [5.41, 5.74) is -0.0982. The molecule has 0 saturated carbocycles. The molecule has 2 N–H and O–H groups in total. The summed E-state index contributed by atoms with van der Waals surface area (Å²) in [7, 11) is -1.90. The van der Waals surface area contributed by atoms with E-state index in [2.05, 4.69) is 0 Å². The first-order chi connectivity index (χ1) is 5.52. The van der Waals surface area contributed by atoms with Gasteiger partial charge in [0.15, 0.2) is 0 Å². The summed E-state index contributed by atoms with van der Waals surface area (Å²) in [6, 6.07) is 1.65. The summed E-state index contributed by atoms with van der Waals surface area (Å²) in [6.45, 7) is 1.40. The number of rotatable bonds is 1. The van der Waals surface area contributed by atoms with Crippen LogP contribution in [-0.4, -0.2) is 17.2 Å². The van der Waals surface area contributed by atoms with E-state index in [-0.39, 0.29) is 11.0 Å². The van der Waals surface area contributed by atoms with E-state index in [1.54, 1.807) is 0 Å². The van der Waals surface area contributed by atoms with Gasteiger partial charge in [0.25, 0.3) is 0 Å². The fraction of sp³-hybridized carbons (Fsp3) is 0.143. The van der Waals surface area contributed by atoms with Crippen LogP contribution < -0.4 is 5.46 Å². The quantitative estimate of drug-likeness (QED) is 0.583. The van der Waals surface area contributed by atoms with E-state index in [4.69, 9.17) is 10.0 Å². The Balaban J connectivity index is 3.28. The van der Waals surface area contributed by atoms with E-state index in [1.807, 2.05) is 0 Å². The van der Waals surface area contributed by atoms with Crippen molar-refractivity contribution in [3.05, 3.63) is 29.3 Å². The van der Waals surface area contributed by atoms with Gasteiger partial charge in [0, 0.05) is 11.5 Å². The minimum atomic E-state index is -1.90. The zero-order chi connectivity index (χ0) is 9.30. The van der Waals surface area contributed by atoms with Crippen LogP contribution in [0.2, 0.25) is 0 Å². The third-order valence-electron chi connectivity index (χ3n) is 1.56. The van der Waals surface area contributed by atoms with E-state index in [9.17, 15) is 8.78 Å². The van der Waals surface area contributed by atoms with Gasteiger partial charge in [0.05, 0.1) is 0 Å². The first-order valence-electron chi connectivity index (χ1n) is 3.34. The van der Waals surface area contributed by atoms with E-state index in [0.29, 0.717) is 6.07 Å². The van der Waals surface area contributed by atoms with Gasteiger partial charge >= 0.3 is 7.12 Å². The van der Waals surface area contributed by atoms with Crippen LogP contribution >= 0.6 is 0 Å². The van der Waals surface area contributed by atoms with Gasteiger partial charge in [-0.2, -0.15) is 0 Å². The predicted molar refractivity (Wildman–Crippen MR) is 40.9 cm³/mol. The molecule has 0 heterocycles. The normalized spacial score (nSPS) is 10.1. The molecule has 0 saturated heterocycles. The number of halogens is 2. The van der Waals surface area contributed by atoms with Crippen LogP contribution in [0.1, 0.15) is 5.56 Å². The average molecular weight is 172 g/mol. The Kier molecular flexibility index (Phi) is 2.44. The summed E-state index contributed by atoms with van der Waals surface area (Å²) in [5, 5.41) is 17.3. The average Bonchev–Trinajstić information content (AvgIpc) is 1.82. The molecule has 0 bridgehead atoms. The molecule has 0 amide bonds. The summed E-state index contributed by atoms with van der Waals surface area (Å²) in [6.07, 6.45) is 0. The largest absolute Gasteiger partial charge is 0.491 e. The molecule has 12 heavy (non-hydrogen) atoms. The first kappa shape index (κ1) is 9.16. The van der Waals surface area contributed by atoms with Gasteiger partial charge in [-0.3, -0.25) is 0 Å². The van der Waals surface area contributed by atoms with Crippen LogP contribution in [-0.2, 0) is 0 Å². The lowest BCUT2D eigenvalue weighted by atomic mass is 9.77. The van der Waals surface area contributed by atoms with Gasteiger partial charge in [-0.15, -0.1) is 0 Å². The van der Waals surface area contributed by atoms with Crippen LogP contribution in [0.4, 0.5) is 8.78 Å². The Labute approximate surface area is 68.6 Å². The first-order valence-corrected chi connectivity index (χ1v) is 3.34. The van der Waals surface area contributed by atoms with E-state index >= 15 is 0 Å². The lowest BCUT2D eigenvalue weighted by Gasteiger charge is -2.05. The number of hydrogen-bond acceptors (Lipinski definition) is 2. The minimum absolute atomic E-state index is 0.183. The van der Waals surface area contributed by atoms with Crippen molar-refractivity contribution in [2.45, 2.75) is 6.92 Å². The zero-order valence-corrected chi connectivity index (χ0v) is 6.38. The molecule has 0 radical (unpaired) electrons. The Hall–Kier alpha value is -0.935. The summed E-state index contributed by atoms with van der Waals surface area (Å²) in [5.74, 6) is -1.67. The molecule has 0 aliphatic heterocycles. The highest BCUT2D eigenvalue weighted by molar-refractivity contribution is 6.59. The molecule has 5 heteroatoms. The Morgan fingerprint density at radius 2 is 1.83 bits per heavy atom. The lowest BCUT2D eigenvalue weighted by Crippen LogP contribution is -2.35. The standard InChI is InChI=1S/C7H7BF2O2/c1-4-2-5(9)3-6(10)7(4)8(11)12/h2-3,11-12H,1H3. The predicted octanol–water partition coefficient (Wildman–Crippen LogP) is -0.0470. The molecule has 0 atom stereocenters. The van der Waals surface area contributed by atoms with Gasteiger partial charge in [-0.1, -0.05) is 0 Å². The van der Waals surface area contributed by atoms with Crippen molar-refractivity contribution in [1.29, 1.82) is 0 Å². The lowest BCUT2D eigenvalue weighted by molar-refractivity contribution is 0.422.